The largest absolute Gasteiger partial charge is 0.481 e. The second kappa shape index (κ2) is 6.20. The molecule has 0 spiro atoms. The van der Waals surface area contributed by atoms with Gasteiger partial charge in [-0.25, -0.2) is 0 Å². The van der Waals surface area contributed by atoms with Gasteiger partial charge in [-0.2, -0.15) is 0 Å². The molecule has 3 nitrogen and oxygen atoms in total. The van der Waals surface area contributed by atoms with Crippen LogP contribution in [0.4, 0.5) is 0 Å². The van der Waals surface area contributed by atoms with Crippen molar-refractivity contribution in [2.45, 2.75) is 45.2 Å². The molecule has 1 aromatic carbocycles. The predicted molar refractivity (Wildman–Crippen MR) is 76.1 cm³/mol. The summed E-state index contributed by atoms with van der Waals surface area (Å²) >= 11 is 0. The van der Waals surface area contributed by atoms with Gasteiger partial charge < -0.3 is 5.11 Å². The van der Waals surface area contributed by atoms with Gasteiger partial charge in [-0.1, -0.05) is 30.3 Å². The van der Waals surface area contributed by atoms with E-state index in [1.807, 2.05) is 6.07 Å². The predicted octanol–water partition coefficient (Wildman–Crippen LogP) is 2.80. The summed E-state index contributed by atoms with van der Waals surface area (Å²) < 4.78 is 0. The first-order valence-corrected chi connectivity index (χ1v) is 7.10. The van der Waals surface area contributed by atoms with Gasteiger partial charge in [-0.3, -0.25) is 9.69 Å². The Kier molecular flexibility index (Phi) is 4.59. The highest BCUT2D eigenvalue weighted by molar-refractivity contribution is 5.70. The van der Waals surface area contributed by atoms with Crippen LogP contribution in [0, 0.1) is 5.92 Å². The van der Waals surface area contributed by atoms with Crippen molar-refractivity contribution in [1.29, 1.82) is 0 Å². The molecular weight excluding hydrogens is 238 g/mol. The normalized spacial score (nSPS) is 26.0. The minimum Gasteiger partial charge on any atom is -0.481 e. The molecule has 104 valence electrons. The molecule has 19 heavy (non-hydrogen) atoms. The number of benzene rings is 1. The van der Waals surface area contributed by atoms with Crippen molar-refractivity contribution < 1.29 is 9.90 Å². The van der Waals surface area contributed by atoms with E-state index < -0.39 is 5.97 Å². The van der Waals surface area contributed by atoms with E-state index in [9.17, 15) is 4.79 Å². The summed E-state index contributed by atoms with van der Waals surface area (Å²) in [6, 6.07) is 11.3. The molecule has 0 aromatic heterocycles. The molecule has 1 aliphatic rings. The van der Waals surface area contributed by atoms with Crippen molar-refractivity contribution in [2.75, 3.05) is 6.54 Å². The third-order valence-corrected chi connectivity index (χ3v) is 4.22. The molecule has 1 saturated heterocycles. The van der Waals surface area contributed by atoms with E-state index in [1.54, 1.807) is 0 Å². The molecule has 1 aromatic rings. The second-order valence-corrected chi connectivity index (χ2v) is 5.69. The van der Waals surface area contributed by atoms with Crippen molar-refractivity contribution in [1.82, 2.24) is 4.90 Å². The molecule has 3 unspecified atom stereocenters. The van der Waals surface area contributed by atoms with Gasteiger partial charge in [0.1, 0.15) is 0 Å². The maximum absolute atomic E-state index is 11.0. The highest BCUT2D eigenvalue weighted by Crippen LogP contribution is 2.25. The molecule has 1 heterocycles. The number of hydrogen-bond acceptors (Lipinski definition) is 2. The van der Waals surface area contributed by atoms with Crippen LogP contribution in [-0.2, 0) is 11.2 Å². The topological polar surface area (TPSA) is 40.5 Å². The number of nitrogens with zero attached hydrogens (tertiary/aromatic N) is 1. The Labute approximate surface area is 115 Å². The number of carbonyl (C=O) groups is 1. The second-order valence-electron chi connectivity index (χ2n) is 5.69. The van der Waals surface area contributed by atoms with E-state index in [4.69, 9.17) is 5.11 Å². The number of carboxylic acid groups (broad SMARTS) is 1. The van der Waals surface area contributed by atoms with Crippen molar-refractivity contribution in [2.24, 2.45) is 5.92 Å². The zero-order valence-corrected chi connectivity index (χ0v) is 11.7. The Morgan fingerprint density at radius 3 is 2.68 bits per heavy atom. The average Bonchev–Trinajstić information content (AvgIpc) is 2.39. The van der Waals surface area contributed by atoms with Crippen molar-refractivity contribution in [3.8, 4) is 0 Å². The van der Waals surface area contributed by atoms with Crippen LogP contribution in [0.5, 0.6) is 0 Å². The molecule has 3 atom stereocenters. The van der Waals surface area contributed by atoms with Gasteiger partial charge >= 0.3 is 5.97 Å². The summed E-state index contributed by atoms with van der Waals surface area (Å²) in [6.07, 6.45) is 2.58. The highest BCUT2D eigenvalue weighted by atomic mass is 16.4. The molecule has 0 aliphatic carbocycles. The lowest BCUT2D eigenvalue weighted by Crippen LogP contribution is -2.47. The molecule has 1 aliphatic heterocycles. The highest BCUT2D eigenvalue weighted by Gasteiger charge is 2.31. The van der Waals surface area contributed by atoms with E-state index >= 15 is 0 Å². The monoisotopic (exact) mass is 261 g/mol. The average molecular weight is 261 g/mol. The lowest BCUT2D eigenvalue weighted by molar-refractivity contribution is -0.144. The minimum absolute atomic E-state index is 0.157. The van der Waals surface area contributed by atoms with Crippen LogP contribution < -0.4 is 0 Å². The van der Waals surface area contributed by atoms with E-state index in [1.165, 1.54) is 5.56 Å². The van der Waals surface area contributed by atoms with E-state index in [0.717, 1.165) is 25.8 Å². The van der Waals surface area contributed by atoms with Crippen molar-refractivity contribution in [3.05, 3.63) is 35.9 Å². The zero-order valence-electron chi connectivity index (χ0n) is 11.7. The van der Waals surface area contributed by atoms with E-state index in [0.29, 0.717) is 12.1 Å². The van der Waals surface area contributed by atoms with Gasteiger partial charge in [0.25, 0.3) is 0 Å². The van der Waals surface area contributed by atoms with Gasteiger partial charge in [0, 0.05) is 12.1 Å². The molecule has 0 saturated carbocycles. The first kappa shape index (κ1) is 14.1. The van der Waals surface area contributed by atoms with Crippen LogP contribution >= 0.6 is 0 Å². The van der Waals surface area contributed by atoms with Crippen LogP contribution in [-0.4, -0.2) is 34.6 Å². The van der Waals surface area contributed by atoms with Crippen molar-refractivity contribution >= 4 is 5.97 Å². The van der Waals surface area contributed by atoms with E-state index in [2.05, 4.69) is 43.0 Å². The van der Waals surface area contributed by atoms with Gasteiger partial charge in [0.05, 0.1) is 5.92 Å². The number of carboxylic acids is 1. The summed E-state index contributed by atoms with van der Waals surface area (Å²) in [7, 11) is 0. The third-order valence-electron chi connectivity index (χ3n) is 4.22. The number of piperidine rings is 1. The molecule has 0 bridgehead atoms. The maximum Gasteiger partial charge on any atom is 0.306 e. The van der Waals surface area contributed by atoms with Crippen LogP contribution in [0.25, 0.3) is 0 Å². The molecule has 1 fully saturated rings. The molecule has 0 amide bonds. The fraction of sp³-hybridized carbons (Fsp3) is 0.562. The van der Waals surface area contributed by atoms with Gasteiger partial charge in [-0.15, -0.1) is 0 Å². The van der Waals surface area contributed by atoms with Crippen LogP contribution in [0.3, 0.4) is 0 Å². The number of aliphatic carboxylic acids is 1. The zero-order chi connectivity index (χ0) is 13.8. The Morgan fingerprint density at radius 2 is 2.11 bits per heavy atom. The Hall–Kier alpha value is -1.35. The first-order valence-electron chi connectivity index (χ1n) is 7.10. The summed E-state index contributed by atoms with van der Waals surface area (Å²) in [4.78, 5) is 13.5. The quantitative estimate of drug-likeness (QED) is 0.906. The SMILES string of the molecule is CC(Cc1ccccc1)N1CCC(C(=O)O)CC1C. The Morgan fingerprint density at radius 1 is 1.42 bits per heavy atom. The maximum atomic E-state index is 11.0. The summed E-state index contributed by atoms with van der Waals surface area (Å²) in [5.41, 5.74) is 1.35. The number of hydrogen-bond donors (Lipinski definition) is 1. The standard InChI is InChI=1S/C16H23NO2/c1-12(10-14-6-4-3-5-7-14)17-9-8-15(16(18)19)11-13(17)2/h3-7,12-13,15H,8-11H2,1-2H3,(H,18,19). The minimum atomic E-state index is -0.637. The molecule has 1 N–H and O–H groups in total. The van der Waals surface area contributed by atoms with Crippen molar-refractivity contribution in [3.63, 3.8) is 0 Å². The molecule has 3 heteroatoms. The smallest absolute Gasteiger partial charge is 0.306 e. The van der Waals surface area contributed by atoms with Gasteiger partial charge in [0.2, 0.25) is 0 Å². The van der Waals surface area contributed by atoms with E-state index in [-0.39, 0.29) is 5.92 Å². The van der Waals surface area contributed by atoms with Gasteiger partial charge in [0.15, 0.2) is 0 Å². The fourth-order valence-electron chi connectivity index (χ4n) is 3.14. The fourth-order valence-corrected chi connectivity index (χ4v) is 3.14. The Bertz CT molecular complexity index is 418. The molecule has 0 radical (unpaired) electrons. The molecule has 2 rings (SSSR count). The lowest BCUT2D eigenvalue weighted by Gasteiger charge is -2.40. The summed E-state index contributed by atoms with van der Waals surface area (Å²) in [5, 5.41) is 9.10. The number of likely N-dealkylation sites (tertiary alicyclic amines) is 1. The Balaban J connectivity index is 1.93. The van der Waals surface area contributed by atoms with Gasteiger partial charge in [-0.05, 0) is 45.2 Å². The summed E-state index contributed by atoms with van der Waals surface area (Å²) in [6.45, 7) is 5.29. The number of rotatable bonds is 4. The lowest BCUT2D eigenvalue weighted by atomic mass is 9.90. The summed E-state index contributed by atoms with van der Waals surface area (Å²) in [5.74, 6) is -0.794. The van der Waals surface area contributed by atoms with Crippen LogP contribution in [0.2, 0.25) is 0 Å². The van der Waals surface area contributed by atoms with Crippen LogP contribution in [0.1, 0.15) is 32.3 Å². The first-order chi connectivity index (χ1) is 9.08. The third kappa shape index (κ3) is 3.57. The van der Waals surface area contributed by atoms with Crippen LogP contribution in [0.15, 0.2) is 30.3 Å². The molecular formula is C16H23NO2.